The van der Waals surface area contributed by atoms with Crippen molar-refractivity contribution in [1.29, 1.82) is 0 Å². The van der Waals surface area contributed by atoms with E-state index < -0.39 is 0 Å². The molecule has 0 aliphatic carbocycles. The van der Waals surface area contributed by atoms with Crippen molar-refractivity contribution < 1.29 is 4.79 Å². The molecule has 1 aromatic rings. The van der Waals surface area contributed by atoms with Crippen LogP contribution in [0.1, 0.15) is 30.3 Å². The number of piperazine rings is 1. The molecule has 0 radical (unpaired) electrons. The van der Waals surface area contributed by atoms with Gasteiger partial charge in [-0.05, 0) is 37.9 Å². The van der Waals surface area contributed by atoms with Gasteiger partial charge in [-0.3, -0.25) is 4.79 Å². The Kier molecular flexibility index (Phi) is 4.62. The molecule has 5 nitrogen and oxygen atoms in total. The molecule has 0 atom stereocenters. The van der Waals surface area contributed by atoms with Crippen molar-refractivity contribution >= 4 is 11.7 Å². The Balaban J connectivity index is 1.69. The Morgan fingerprint density at radius 1 is 1.09 bits per heavy atom. The monoisotopic (exact) mass is 302 g/mol. The number of carbonyl (C=O) groups is 1. The summed E-state index contributed by atoms with van der Waals surface area (Å²) in [5, 5.41) is 0. The van der Waals surface area contributed by atoms with E-state index in [1.165, 1.54) is 0 Å². The summed E-state index contributed by atoms with van der Waals surface area (Å²) in [6.45, 7) is 8.02. The first-order valence-electron chi connectivity index (χ1n) is 8.33. The number of pyridine rings is 1. The number of hydrogen-bond acceptors (Lipinski definition) is 4. The van der Waals surface area contributed by atoms with Crippen LogP contribution in [0.3, 0.4) is 0 Å². The molecular formula is C17H26N4O. The van der Waals surface area contributed by atoms with Crippen LogP contribution in [0.5, 0.6) is 0 Å². The van der Waals surface area contributed by atoms with Gasteiger partial charge in [-0.15, -0.1) is 0 Å². The van der Waals surface area contributed by atoms with Crippen LogP contribution in [0.15, 0.2) is 18.2 Å². The van der Waals surface area contributed by atoms with Gasteiger partial charge in [0.2, 0.25) is 0 Å². The molecule has 5 heteroatoms. The van der Waals surface area contributed by atoms with E-state index in [-0.39, 0.29) is 5.91 Å². The average molecular weight is 302 g/mol. The van der Waals surface area contributed by atoms with Crippen LogP contribution in [0.25, 0.3) is 0 Å². The summed E-state index contributed by atoms with van der Waals surface area (Å²) in [6.07, 6.45) is 2.20. The maximum Gasteiger partial charge on any atom is 0.272 e. The zero-order valence-electron chi connectivity index (χ0n) is 13.7. The predicted octanol–water partition coefficient (Wildman–Crippen LogP) is 1.71. The molecule has 0 N–H and O–H groups in total. The number of rotatable bonds is 2. The van der Waals surface area contributed by atoms with Gasteiger partial charge in [0, 0.05) is 39.3 Å². The van der Waals surface area contributed by atoms with Crippen molar-refractivity contribution in [3.63, 3.8) is 0 Å². The lowest BCUT2D eigenvalue weighted by atomic mass is 9.99. The first-order valence-corrected chi connectivity index (χ1v) is 8.33. The Morgan fingerprint density at radius 2 is 1.77 bits per heavy atom. The molecule has 1 amide bonds. The summed E-state index contributed by atoms with van der Waals surface area (Å²) >= 11 is 0. The van der Waals surface area contributed by atoms with Crippen molar-refractivity contribution in [3.05, 3.63) is 23.9 Å². The predicted molar refractivity (Wildman–Crippen MR) is 88.2 cm³/mol. The standard InChI is InChI=1S/C17H26N4O/c1-14-6-8-21(9-7-14)17(22)15-4-3-5-16(18-15)20-12-10-19(2)11-13-20/h3-5,14H,6-13H2,1-2H3. The van der Waals surface area contributed by atoms with Gasteiger partial charge in [-0.2, -0.15) is 0 Å². The van der Waals surface area contributed by atoms with E-state index in [4.69, 9.17) is 0 Å². The third-order valence-electron chi connectivity index (χ3n) is 4.85. The van der Waals surface area contributed by atoms with Crippen molar-refractivity contribution in [3.8, 4) is 0 Å². The molecule has 2 aliphatic heterocycles. The number of nitrogens with zero attached hydrogens (tertiary/aromatic N) is 4. The van der Waals surface area contributed by atoms with E-state index in [1.807, 2.05) is 23.1 Å². The Labute approximate surface area is 132 Å². The smallest absolute Gasteiger partial charge is 0.272 e. The molecular weight excluding hydrogens is 276 g/mol. The molecule has 3 heterocycles. The van der Waals surface area contributed by atoms with Gasteiger partial charge in [0.15, 0.2) is 0 Å². The molecule has 3 rings (SSSR count). The van der Waals surface area contributed by atoms with Gasteiger partial charge >= 0.3 is 0 Å². The summed E-state index contributed by atoms with van der Waals surface area (Å²) < 4.78 is 0. The zero-order valence-corrected chi connectivity index (χ0v) is 13.7. The highest BCUT2D eigenvalue weighted by Crippen LogP contribution is 2.19. The minimum atomic E-state index is 0.0860. The summed E-state index contributed by atoms with van der Waals surface area (Å²) in [7, 11) is 2.14. The maximum absolute atomic E-state index is 12.6. The highest BCUT2D eigenvalue weighted by Gasteiger charge is 2.23. The van der Waals surface area contributed by atoms with Crippen molar-refractivity contribution in [2.24, 2.45) is 5.92 Å². The number of likely N-dealkylation sites (N-methyl/N-ethyl adjacent to an activating group) is 1. The third-order valence-corrected chi connectivity index (χ3v) is 4.85. The Hall–Kier alpha value is -1.62. The molecule has 2 aliphatic rings. The topological polar surface area (TPSA) is 39.7 Å². The van der Waals surface area contributed by atoms with Gasteiger partial charge in [0.05, 0.1) is 0 Å². The van der Waals surface area contributed by atoms with Gasteiger partial charge in [0.25, 0.3) is 5.91 Å². The first kappa shape index (κ1) is 15.3. The molecule has 22 heavy (non-hydrogen) atoms. The molecule has 0 unspecified atom stereocenters. The lowest BCUT2D eigenvalue weighted by Crippen LogP contribution is -2.45. The second-order valence-electron chi connectivity index (χ2n) is 6.65. The number of carbonyl (C=O) groups excluding carboxylic acids is 1. The zero-order chi connectivity index (χ0) is 15.5. The number of likely N-dealkylation sites (tertiary alicyclic amines) is 1. The van der Waals surface area contributed by atoms with Crippen LogP contribution in [0.2, 0.25) is 0 Å². The molecule has 0 aromatic carbocycles. The molecule has 0 bridgehead atoms. The number of hydrogen-bond donors (Lipinski definition) is 0. The summed E-state index contributed by atoms with van der Waals surface area (Å²) in [6, 6.07) is 5.82. The molecule has 0 saturated carbocycles. The highest BCUT2D eigenvalue weighted by molar-refractivity contribution is 5.92. The Bertz CT molecular complexity index is 517. The second kappa shape index (κ2) is 6.65. The minimum absolute atomic E-state index is 0.0860. The van der Waals surface area contributed by atoms with Crippen LogP contribution in [0.4, 0.5) is 5.82 Å². The maximum atomic E-state index is 12.6. The van der Waals surface area contributed by atoms with E-state index in [1.54, 1.807) is 0 Å². The van der Waals surface area contributed by atoms with Crippen molar-refractivity contribution in [1.82, 2.24) is 14.8 Å². The Morgan fingerprint density at radius 3 is 2.45 bits per heavy atom. The van der Waals surface area contributed by atoms with Crippen LogP contribution in [-0.2, 0) is 0 Å². The fourth-order valence-corrected chi connectivity index (χ4v) is 3.13. The van der Waals surface area contributed by atoms with Gasteiger partial charge in [0.1, 0.15) is 11.5 Å². The average Bonchev–Trinajstić information content (AvgIpc) is 2.56. The summed E-state index contributed by atoms with van der Waals surface area (Å²) in [5.74, 6) is 1.75. The van der Waals surface area contributed by atoms with E-state index in [9.17, 15) is 4.79 Å². The van der Waals surface area contributed by atoms with Crippen LogP contribution in [-0.4, -0.2) is 67.0 Å². The van der Waals surface area contributed by atoms with Gasteiger partial charge in [-0.1, -0.05) is 13.0 Å². The number of piperidine rings is 1. The quantitative estimate of drug-likeness (QED) is 0.834. The second-order valence-corrected chi connectivity index (χ2v) is 6.65. The van der Waals surface area contributed by atoms with Crippen molar-refractivity contribution in [2.45, 2.75) is 19.8 Å². The largest absolute Gasteiger partial charge is 0.354 e. The number of amides is 1. The molecule has 0 spiro atoms. The number of anilines is 1. The van der Waals surface area contributed by atoms with Gasteiger partial charge < -0.3 is 14.7 Å². The highest BCUT2D eigenvalue weighted by atomic mass is 16.2. The lowest BCUT2D eigenvalue weighted by Gasteiger charge is -2.33. The summed E-state index contributed by atoms with van der Waals surface area (Å²) in [4.78, 5) is 23.8. The molecule has 1 aromatic heterocycles. The van der Waals surface area contributed by atoms with E-state index in [0.29, 0.717) is 5.69 Å². The molecule has 120 valence electrons. The first-order chi connectivity index (χ1) is 10.6. The lowest BCUT2D eigenvalue weighted by molar-refractivity contribution is 0.0691. The van der Waals surface area contributed by atoms with E-state index in [0.717, 1.165) is 63.8 Å². The normalized spacial score (nSPS) is 21.2. The van der Waals surface area contributed by atoms with Gasteiger partial charge in [-0.25, -0.2) is 4.98 Å². The van der Waals surface area contributed by atoms with Crippen LogP contribution in [0, 0.1) is 5.92 Å². The molecule has 2 saturated heterocycles. The van der Waals surface area contributed by atoms with E-state index >= 15 is 0 Å². The summed E-state index contributed by atoms with van der Waals surface area (Å²) in [5.41, 5.74) is 0.589. The fourth-order valence-electron chi connectivity index (χ4n) is 3.13. The fraction of sp³-hybridized carbons (Fsp3) is 0.647. The molecule has 2 fully saturated rings. The van der Waals surface area contributed by atoms with E-state index in [2.05, 4.69) is 28.8 Å². The van der Waals surface area contributed by atoms with Crippen LogP contribution >= 0.6 is 0 Å². The van der Waals surface area contributed by atoms with Crippen molar-refractivity contribution in [2.75, 3.05) is 51.2 Å². The van der Waals surface area contributed by atoms with Crippen LogP contribution < -0.4 is 4.90 Å². The third kappa shape index (κ3) is 3.40. The number of aromatic nitrogens is 1. The SMILES string of the molecule is CC1CCN(C(=O)c2cccc(N3CCN(C)CC3)n2)CC1. The minimum Gasteiger partial charge on any atom is -0.354 e.